The SMILES string of the molecule is CNCC1CCCN(Cc2sccc2Cl)C1. The monoisotopic (exact) mass is 258 g/mol. The maximum absolute atomic E-state index is 6.13. The van der Waals surface area contributed by atoms with Crippen LogP contribution in [-0.2, 0) is 6.54 Å². The molecule has 0 bridgehead atoms. The van der Waals surface area contributed by atoms with Gasteiger partial charge in [0.05, 0.1) is 5.02 Å². The number of likely N-dealkylation sites (tertiary alicyclic amines) is 1. The molecule has 2 rings (SSSR count). The fraction of sp³-hybridized carbons (Fsp3) is 0.667. The van der Waals surface area contributed by atoms with Crippen LogP contribution in [0.15, 0.2) is 11.4 Å². The average Bonchev–Trinajstić information content (AvgIpc) is 2.66. The highest BCUT2D eigenvalue weighted by atomic mass is 35.5. The first-order chi connectivity index (χ1) is 7.79. The molecule has 0 aliphatic carbocycles. The summed E-state index contributed by atoms with van der Waals surface area (Å²) in [5.41, 5.74) is 0. The molecule has 90 valence electrons. The van der Waals surface area contributed by atoms with Gasteiger partial charge in [-0.1, -0.05) is 11.6 Å². The molecule has 1 aliphatic heterocycles. The van der Waals surface area contributed by atoms with Crippen LogP contribution in [-0.4, -0.2) is 31.6 Å². The third-order valence-electron chi connectivity index (χ3n) is 3.15. The van der Waals surface area contributed by atoms with E-state index in [1.165, 1.54) is 30.8 Å². The van der Waals surface area contributed by atoms with Crippen molar-refractivity contribution in [3.63, 3.8) is 0 Å². The van der Waals surface area contributed by atoms with Crippen molar-refractivity contribution in [2.45, 2.75) is 19.4 Å². The normalized spacial score (nSPS) is 22.5. The molecule has 0 amide bonds. The van der Waals surface area contributed by atoms with E-state index >= 15 is 0 Å². The average molecular weight is 259 g/mol. The first-order valence-corrected chi connectivity index (χ1v) is 7.14. The maximum atomic E-state index is 6.13. The smallest absolute Gasteiger partial charge is 0.0558 e. The highest BCUT2D eigenvalue weighted by Crippen LogP contribution is 2.25. The summed E-state index contributed by atoms with van der Waals surface area (Å²) in [6.07, 6.45) is 2.67. The fourth-order valence-electron chi connectivity index (χ4n) is 2.39. The zero-order chi connectivity index (χ0) is 11.4. The predicted octanol–water partition coefficient (Wildman–Crippen LogP) is 2.83. The Kier molecular flexibility index (Phi) is 4.65. The number of piperidine rings is 1. The van der Waals surface area contributed by atoms with Gasteiger partial charge < -0.3 is 5.32 Å². The number of hydrogen-bond donors (Lipinski definition) is 1. The van der Waals surface area contributed by atoms with Crippen LogP contribution in [0.3, 0.4) is 0 Å². The van der Waals surface area contributed by atoms with Gasteiger partial charge in [-0.05, 0) is 50.3 Å². The minimum absolute atomic E-state index is 0.803. The Hall–Kier alpha value is -0.0900. The molecular formula is C12H19ClN2S. The molecule has 1 aromatic heterocycles. The Morgan fingerprint density at radius 2 is 2.50 bits per heavy atom. The summed E-state index contributed by atoms with van der Waals surface area (Å²) in [5, 5.41) is 6.29. The molecule has 2 heterocycles. The van der Waals surface area contributed by atoms with E-state index in [-0.39, 0.29) is 0 Å². The Balaban J connectivity index is 1.88. The van der Waals surface area contributed by atoms with Crippen LogP contribution in [0.5, 0.6) is 0 Å². The summed E-state index contributed by atoms with van der Waals surface area (Å²) < 4.78 is 0. The Bertz CT molecular complexity index is 325. The molecule has 1 unspecified atom stereocenters. The zero-order valence-corrected chi connectivity index (χ0v) is 11.3. The lowest BCUT2D eigenvalue weighted by atomic mass is 9.98. The van der Waals surface area contributed by atoms with Gasteiger partial charge in [0, 0.05) is 18.0 Å². The number of thiophene rings is 1. The summed E-state index contributed by atoms with van der Waals surface area (Å²) in [4.78, 5) is 3.84. The van der Waals surface area contributed by atoms with Gasteiger partial charge in [-0.15, -0.1) is 11.3 Å². The Morgan fingerprint density at radius 1 is 1.62 bits per heavy atom. The van der Waals surface area contributed by atoms with Gasteiger partial charge in [0.2, 0.25) is 0 Å². The van der Waals surface area contributed by atoms with E-state index in [0.29, 0.717) is 0 Å². The van der Waals surface area contributed by atoms with Crippen LogP contribution in [0.2, 0.25) is 5.02 Å². The fourth-order valence-corrected chi connectivity index (χ4v) is 3.53. The van der Waals surface area contributed by atoms with E-state index in [9.17, 15) is 0 Å². The highest BCUT2D eigenvalue weighted by molar-refractivity contribution is 7.10. The lowest BCUT2D eigenvalue weighted by Crippen LogP contribution is -2.38. The number of halogens is 1. The van der Waals surface area contributed by atoms with Crippen LogP contribution in [0, 0.1) is 5.92 Å². The van der Waals surface area contributed by atoms with Crippen molar-refractivity contribution in [3.8, 4) is 0 Å². The first kappa shape index (κ1) is 12.4. The first-order valence-electron chi connectivity index (χ1n) is 5.88. The van der Waals surface area contributed by atoms with E-state index in [2.05, 4.69) is 15.6 Å². The third-order valence-corrected chi connectivity index (χ3v) is 4.53. The summed E-state index contributed by atoms with van der Waals surface area (Å²) in [7, 11) is 2.04. The molecule has 16 heavy (non-hydrogen) atoms. The second-order valence-electron chi connectivity index (χ2n) is 4.49. The lowest BCUT2D eigenvalue weighted by Gasteiger charge is -2.32. The van der Waals surface area contributed by atoms with Gasteiger partial charge in [0.15, 0.2) is 0 Å². The van der Waals surface area contributed by atoms with Crippen molar-refractivity contribution < 1.29 is 0 Å². The van der Waals surface area contributed by atoms with Crippen LogP contribution < -0.4 is 5.32 Å². The molecular weight excluding hydrogens is 240 g/mol. The molecule has 2 nitrogen and oxygen atoms in total. The lowest BCUT2D eigenvalue weighted by molar-refractivity contribution is 0.168. The Labute approximate surface area is 107 Å². The van der Waals surface area contributed by atoms with Crippen LogP contribution in [0.4, 0.5) is 0 Å². The Morgan fingerprint density at radius 3 is 3.19 bits per heavy atom. The van der Waals surface area contributed by atoms with E-state index in [4.69, 9.17) is 11.6 Å². The van der Waals surface area contributed by atoms with Gasteiger partial charge in [-0.2, -0.15) is 0 Å². The summed E-state index contributed by atoms with van der Waals surface area (Å²) >= 11 is 7.90. The van der Waals surface area contributed by atoms with Gasteiger partial charge >= 0.3 is 0 Å². The van der Waals surface area contributed by atoms with E-state index in [0.717, 1.165) is 24.0 Å². The van der Waals surface area contributed by atoms with E-state index < -0.39 is 0 Å². The van der Waals surface area contributed by atoms with Crippen LogP contribution in [0.1, 0.15) is 17.7 Å². The molecule has 0 aromatic carbocycles. The van der Waals surface area contributed by atoms with Crippen molar-refractivity contribution in [3.05, 3.63) is 21.3 Å². The maximum Gasteiger partial charge on any atom is 0.0558 e. The molecule has 1 atom stereocenters. The summed E-state index contributed by atoms with van der Waals surface area (Å²) in [6, 6.07) is 2.00. The molecule has 1 aliphatic rings. The van der Waals surface area contributed by atoms with Crippen molar-refractivity contribution in [1.29, 1.82) is 0 Å². The number of nitrogens with zero attached hydrogens (tertiary/aromatic N) is 1. The van der Waals surface area contributed by atoms with Crippen molar-refractivity contribution in [2.75, 3.05) is 26.7 Å². The van der Waals surface area contributed by atoms with Crippen molar-refractivity contribution in [1.82, 2.24) is 10.2 Å². The van der Waals surface area contributed by atoms with Gasteiger partial charge in [-0.25, -0.2) is 0 Å². The quantitative estimate of drug-likeness (QED) is 0.894. The third kappa shape index (κ3) is 3.20. The van der Waals surface area contributed by atoms with Gasteiger partial charge in [-0.3, -0.25) is 4.90 Å². The number of rotatable bonds is 4. The van der Waals surface area contributed by atoms with Gasteiger partial charge in [0.1, 0.15) is 0 Å². The predicted molar refractivity (Wildman–Crippen MR) is 71.3 cm³/mol. The van der Waals surface area contributed by atoms with Crippen molar-refractivity contribution >= 4 is 22.9 Å². The number of hydrogen-bond acceptors (Lipinski definition) is 3. The second kappa shape index (κ2) is 6.01. The molecule has 4 heteroatoms. The summed E-state index contributed by atoms with van der Waals surface area (Å²) in [6.45, 7) is 4.58. The zero-order valence-electron chi connectivity index (χ0n) is 9.71. The second-order valence-corrected chi connectivity index (χ2v) is 5.90. The molecule has 1 fully saturated rings. The summed E-state index contributed by atoms with van der Waals surface area (Å²) in [5.74, 6) is 0.803. The van der Waals surface area contributed by atoms with E-state index in [1.807, 2.05) is 13.1 Å². The molecule has 1 aromatic rings. The standard InChI is InChI=1S/C12H19ClN2S/c1-14-7-10-3-2-5-15(8-10)9-12-11(13)4-6-16-12/h4,6,10,14H,2-3,5,7-9H2,1H3. The molecule has 0 radical (unpaired) electrons. The van der Waals surface area contributed by atoms with E-state index in [1.54, 1.807) is 11.3 Å². The van der Waals surface area contributed by atoms with Gasteiger partial charge in [0.25, 0.3) is 0 Å². The minimum atomic E-state index is 0.803. The topological polar surface area (TPSA) is 15.3 Å². The molecule has 1 saturated heterocycles. The molecule has 0 saturated carbocycles. The van der Waals surface area contributed by atoms with Crippen LogP contribution >= 0.6 is 22.9 Å². The molecule has 1 N–H and O–H groups in total. The largest absolute Gasteiger partial charge is 0.319 e. The van der Waals surface area contributed by atoms with Crippen LogP contribution in [0.25, 0.3) is 0 Å². The minimum Gasteiger partial charge on any atom is -0.319 e. The number of nitrogens with one attached hydrogen (secondary N) is 1. The highest BCUT2D eigenvalue weighted by Gasteiger charge is 2.20. The van der Waals surface area contributed by atoms with Crippen molar-refractivity contribution in [2.24, 2.45) is 5.92 Å². The molecule has 0 spiro atoms.